The first kappa shape index (κ1) is 10.3. The number of para-hydroxylation sites is 1. The van der Waals surface area contributed by atoms with Crippen LogP contribution in [0.5, 0.6) is 0 Å². The lowest BCUT2D eigenvalue weighted by Crippen LogP contribution is -2.07. The third-order valence-corrected chi connectivity index (χ3v) is 3.53. The van der Waals surface area contributed by atoms with Crippen molar-refractivity contribution in [3.8, 4) is 0 Å². The van der Waals surface area contributed by atoms with Crippen LogP contribution in [-0.2, 0) is 11.3 Å². The molecule has 4 nitrogen and oxygen atoms in total. The minimum atomic E-state index is -0.369. The zero-order valence-electron chi connectivity index (χ0n) is 9.90. The molecule has 0 spiro atoms. The van der Waals surface area contributed by atoms with E-state index in [0.29, 0.717) is 21.9 Å². The topological polar surface area (TPSA) is 59.2 Å². The quantitative estimate of drug-likeness (QED) is 0.493. The minimum absolute atomic E-state index is 0.0631. The van der Waals surface area contributed by atoms with Gasteiger partial charge in [-0.1, -0.05) is 18.2 Å². The van der Waals surface area contributed by atoms with Crippen molar-refractivity contribution in [3.63, 3.8) is 0 Å². The molecule has 2 aromatic carbocycles. The summed E-state index contributed by atoms with van der Waals surface area (Å²) in [4.78, 5) is 27.4. The highest BCUT2D eigenvalue weighted by atomic mass is 16.5. The number of pyridine rings is 1. The number of nitrogens with one attached hydrogen (secondary N) is 1. The van der Waals surface area contributed by atoms with Gasteiger partial charge in [-0.25, -0.2) is 4.79 Å². The Morgan fingerprint density at radius 3 is 2.74 bits per heavy atom. The Hall–Kier alpha value is -2.62. The molecule has 4 heteroatoms. The van der Waals surface area contributed by atoms with Gasteiger partial charge < -0.3 is 9.72 Å². The van der Waals surface area contributed by atoms with Crippen molar-refractivity contribution in [2.24, 2.45) is 0 Å². The van der Waals surface area contributed by atoms with Crippen LogP contribution in [0.3, 0.4) is 0 Å². The minimum Gasteiger partial charge on any atom is -0.457 e. The number of aromatic amines is 1. The van der Waals surface area contributed by atoms with Crippen LogP contribution in [0.2, 0.25) is 0 Å². The van der Waals surface area contributed by atoms with Crippen LogP contribution in [0.15, 0.2) is 41.2 Å². The number of fused-ring (bicyclic) bond motifs is 4. The number of H-pyrrole nitrogens is 1. The van der Waals surface area contributed by atoms with E-state index >= 15 is 0 Å². The summed E-state index contributed by atoms with van der Waals surface area (Å²) in [7, 11) is 0. The number of rotatable bonds is 0. The largest absolute Gasteiger partial charge is 0.457 e. The van der Waals surface area contributed by atoms with E-state index in [-0.39, 0.29) is 18.0 Å². The summed E-state index contributed by atoms with van der Waals surface area (Å²) in [5, 5.41) is 1.15. The van der Waals surface area contributed by atoms with E-state index in [2.05, 4.69) is 4.98 Å². The summed E-state index contributed by atoms with van der Waals surface area (Å²) < 4.78 is 5.02. The van der Waals surface area contributed by atoms with Crippen molar-refractivity contribution in [3.05, 3.63) is 57.7 Å². The Labute approximate surface area is 107 Å². The molecule has 19 heavy (non-hydrogen) atoms. The number of aromatic nitrogens is 1. The molecule has 4 rings (SSSR count). The Bertz CT molecular complexity index is 908. The number of carbonyl (C=O) groups excluding carboxylic acids is 1. The first-order valence-corrected chi connectivity index (χ1v) is 5.99. The number of hydrogen-bond donors (Lipinski definition) is 1. The van der Waals surface area contributed by atoms with Crippen molar-refractivity contribution < 1.29 is 9.53 Å². The molecule has 0 saturated heterocycles. The zero-order chi connectivity index (χ0) is 13.0. The van der Waals surface area contributed by atoms with E-state index < -0.39 is 0 Å². The van der Waals surface area contributed by atoms with Gasteiger partial charge in [0.1, 0.15) is 6.61 Å². The van der Waals surface area contributed by atoms with Crippen molar-refractivity contribution in [2.45, 2.75) is 6.61 Å². The molecular formula is C15H9NO3. The lowest BCUT2D eigenvalue weighted by molar-refractivity contribution is 0.0536. The maximum Gasteiger partial charge on any atom is 0.341 e. The molecule has 1 aromatic heterocycles. The summed E-state index contributed by atoms with van der Waals surface area (Å²) in [6.45, 7) is 0.277. The smallest absolute Gasteiger partial charge is 0.341 e. The second-order valence-corrected chi connectivity index (χ2v) is 4.60. The molecule has 0 fully saturated rings. The van der Waals surface area contributed by atoms with Crippen LogP contribution in [0.25, 0.3) is 21.8 Å². The second-order valence-electron chi connectivity index (χ2n) is 4.60. The van der Waals surface area contributed by atoms with Gasteiger partial charge in [0.2, 0.25) is 0 Å². The second kappa shape index (κ2) is 3.45. The molecule has 0 unspecified atom stereocenters. The standard InChI is InChI=1S/C15H9NO3/c17-14-9-3-1-2-4-11(9)16-13-10(14)6-5-8-7-19-15(18)12(8)13/h1-6H,7H2,(H,16,17). The van der Waals surface area contributed by atoms with E-state index in [1.165, 1.54) is 0 Å². The van der Waals surface area contributed by atoms with Crippen LogP contribution in [0.1, 0.15) is 15.9 Å². The number of esters is 1. The van der Waals surface area contributed by atoms with Crippen LogP contribution >= 0.6 is 0 Å². The number of benzene rings is 2. The van der Waals surface area contributed by atoms with Gasteiger partial charge in [0.05, 0.1) is 11.1 Å². The predicted octanol–water partition coefficient (Wildman–Crippen LogP) is 2.35. The lowest BCUT2D eigenvalue weighted by Gasteiger charge is -2.05. The van der Waals surface area contributed by atoms with E-state index in [9.17, 15) is 9.59 Å². The Morgan fingerprint density at radius 1 is 1.00 bits per heavy atom. The highest BCUT2D eigenvalue weighted by molar-refractivity contribution is 6.07. The Balaban J connectivity index is 2.28. The van der Waals surface area contributed by atoms with Gasteiger partial charge in [-0.3, -0.25) is 4.79 Å². The average Bonchev–Trinajstić information content (AvgIpc) is 2.81. The first-order valence-electron chi connectivity index (χ1n) is 5.99. The first-order chi connectivity index (χ1) is 9.25. The maximum atomic E-state index is 12.4. The number of hydrogen-bond acceptors (Lipinski definition) is 3. The van der Waals surface area contributed by atoms with Gasteiger partial charge in [-0.15, -0.1) is 0 Å². The predicted molar refractivity (Wildman–Crippen MR) is 71.2 cm³/mol. The van der Waals surface area contributed by atoms with E-state index in [4.69, 9.17) is 4.74 Å². The van der Waals surface area contributed by atoms with Crippen LogP contribution in [-0.4, -0.2) is 11.0 Å². The SMILES string of the molecule is O=C1OCc2ccc3c(=O)c4ccccc4[nH]c3c21. The molecule has 0 bridgehead atoms. The summed E-state index contributed by atoms with van der Waals surface area (Å²) in [5.41, 5.74) is 2.55. The highest BCUT2D eigenvalue weighted by Gasteiger charge is 2.25. The number of ether oxygens (including phenoxy) is 1. The van der Waals surface area contributed by atoms with Crippen LogP contribution in [0, 0.1) is 0 Å². The summed E-state index contributed by atoms with van der Waals surface area (Å²) in [5.74, 6) is -0.369. The van der Waals surface area contributed by atoms with E-state index in [1.54, 1.807) is 18.2 Å². The molecule has 0 radical (unpaired) electrons. The fourth-order valence-corrected chi connectivity index (χ4v) is 2.60. The summed E-state index contributed by atoms with van der Waals surface area (Å²) >= 11 is 0. The van der Waals surface area contributed by atoms with Gasteiger partial charge in [0.25, 0.3) is 0 Å². The van der Waals surface area contributed by atoms with Gasteiger partial charge in [0.15, 0.2) is 5.43 Å². The average molecular weight is 251 g/mol. The fraction of sp³-hybridized carbons (Fsp3) is 0.0667. The van der Waals surface area contributed by atoms with Crippen molar-refractivity contribution in [1.82, 2.24) is 4.98 Å². The normalized spacial score (nSPS) is 13.8. The molecule has 0 amide bonds. The summed E-state index contributed by atoms with van der Waals surface area (Å²) in [6, 6.07) is 10.8. The van der Waals surface area contributed by atoms with E-state index in [1.807, 2.05) is 18.2 Å². The molecule has 0 saturated carbocycles. The monoisotopic (exact) mass is 251 g/mol. The highest BCUT2D eigenvalue weighted by Crippen LogP contribution is 2.27. The molecule has 1 aliphatic rings. The third kappa shape index (κ3) is 1.28. The number of cyclic esters (lactones) is 1. The molecule has 0 aliphatic carbocycles. The van der Waals surface area contributed by atoms with Crippen LogP contribution < -0.4 is 5.43 Å². The molecule has 0 atom stereocenters. The summed E-state index contributed by atoms with van der Waals surface area (Å²) in [6.07, 6.45) is 0. The fourth-order valence-electron chi connectivity index (χ4n) is 2.60. The van der Waals surface area contributed by atoms with Gasteiger partial charge in [-0.2, -0.15) is 0 Å². The third-order valence-electron chi connectivity index (χ3n) is 3.53. The van der Waals surface area contributed by atoms with Crippen molar-refractivity contribution in [2.75, 3.05) is 0 Å². The molecule has 1 aliphatic heterocycles. The molecule has 1 N–H and O–H groups in total. The Morgan fingerprint density at radius 2 is 1.84 bits per heavy atom. The maximum absolute atomic E-state index is 12.4. The Kier molecular flexibility index (Phi) is 1.87. The molecular weight excluding hydrogens is 242 g/mol. The zero-order valence-corrected chi connectivity index (χ0v) is 9.90. The van der Waals surface area contributed by atoms with Crippen LogP contribution in [0.4, 0.5) is 0 Å². The molecule has 2 heterocycles. The molecule has 92 valence electrons. The number of carbonyl (C=O) groups is 1. The molecule has 3 aromatic rings. The van der Waals surface area contributed by atoms with E-state index in [0.717, 1.165) is 11.1 Å². The van der Waals surface area contributed by atoms with Gasteiger partial charge in [0, 0.05) is 21.9 Å². The lowest BCUT2D eigenvalue weighted by atomic mass is 10.0. The van der Waals surface area contributed by atoms with Crippen molar-refractivity contribution in [1.29, 1.82) is 0 Å². The van der Waals surface area contributed by atoms with Gasteiger partial charge in [-0.05, 0) is 18.2 Å². The van der Waals surface area contributed by atoms with Crippen molar-refractivity contribution >= 4 is 27.8 Å². The van der Waals surface area contributed by atoms with Gasteiger partial charge >= 0.3 is 5.97 Å².